The molecule has 1 atom stereocenters. The number of alkyl carbamates (subject to hydrolysis) is 1. The first kappa shape index (κ1) is 25.0. The van der Waals surface area contributed by atoms with Gasteiger partial charge in [-0.2, -0.15) is 0 Å². The molecule has 8 nitrogen and oxygen atoms in total. The van der Waals surface area contributed by atoms with Crippen LogP contribution in [0.4, 0.5) is 4.79 Å². The molecule has 1 aliphatic carbocycles. The molecule has 0 bridgehead atoms. The molecule has 1 unspecified atom stereocenters. The first-order valence-corrected chi connectivity index (χ1v) is 11.2. The molecular weight excluding hydrogens is 434 g/mol. The second-order valence-corrected chi connectivity index (χ2v) is 8.52. The molecule has 2 amide bonds. The van der Waals surface area contributed by atoms with Crippen molar-refractivity contribution < 1.29 is 24.2 Å². The third-order valence-electron chi connectivity index (χ3n) is 5.79. The van der Waals surface area contributed by atoms with Crippen molar-refractivity contribution in [3.8, 4) is 11.1 Å². The number of carboxylic acids is 1. The van der Waals surface area contributed by atoms with Gasteiger partial charge in [0.05, 0.1) is 0 Å². The number of benzene rings is 2. The second kappa shape index (κ2) is 11.5. The van der Waals surface area contributed by atoms with Crippen molar-refractivity contribution in [2.75, 3.05) is 40.3 Å². The van der Waals surface area contributed by atoms with Crippen LogP contribution in [0.25, 0.3) is 11.1 Å². The van der Waals surface area contributed by atoms with Gasteiger partial charge in [0.2, 0.25) is 5.91 Å². The van der Waals surface area contributed by atoms with Crippen LogP contribution in [0.15, 0.2) is 61.2 Å². The molecule has 2 aromatic carbocycles. The first-order valence-electron chi connectivity index (χ1n) is 11.2. The summed E-state index contributed by atoms with van der Waals surface area (Å²) in [6, 6.07) is 15.2. The lowest BCUT2D eigenvalue weighted by Crippen LogP contribution is -2.51. The molecular formula is C26H31N3O5. The van der Waals surface area contributed by atoms with E-state index >= 15 is 0 Å². The SMILES string of the molecule is C=CCN(CC(=O)O)C(=O)C(CCN(C)C)NC(=O)OCC1c2ccccc2-c2ccccc21. The topological polar surface area (TPSA) is 99.2 Å². The lowest BCUT2D eigenvalue weighted by atomic mass is 9.98. The van der Waals surface area contributed by atoms with E-state index in [1.54, 1.807) is 0 Å². The maximum absolute atomic E-state index is 13.0. The van der Waals surface area contributed by atoms with Crippen LogP contribution < -0.4 is 5.32 Å². The van der Waals surface area contributed by atoms with Crippen LogP contribution in [0.3, 0.4) is 0 Å². The van der Waals surface area contributed by atoms with Crippen molar-refractivity contribution in [3.63, 3.8) is 0 Å². The molecule has 8 heteroatoms. The highest BCUT2D eigenvalue weighted by Crippen LogP contribution is 2.44. The minimum Gasteiger partial charge on any atom is -0.480 e. The average Bonchev–Trinajstić information content (AvgIpc) is 3.13. The Morgan fingerprint density at radius 2 is 1.68 bits per heavy atom. The summed E-state index contributed by atoms with van der Waals surface area (Å²) < 4.78 is 5.58. The van der Waals surface area contributed by atoms with E-state index in [0.29, 0.717) is 13.0 Å². The summed E-state index contributed by atoms with van der Waals surface area (Å²) in [5, 5.41) is 11.8. The maximum Gasteiger partial charge on any atom is 0.407 e. The largest absolute Gasteiger partial charge is 0.480 e. The Morgan fingerprint density at radius 1 is 1.09 bits per heavy atom. The van der Waals surface area contributed by atoms with Gasteiger partial charge in [-0.15, -0.1) is 6.58 Å². The van der Waals surface area contributed by atoms with Gasteiger partial charge in [-0.3, -0.25) is 9.59 Å². The lowest BCUT2D eigenvalue weighted by Gasteiger charge is -2.26. The van der Waals surface area contributed by atoms with Crippen LogP contribution in [0, 0.1) is 0 Å². The highest BCUT2D eigenvalue weighted by Gasteiger charge is 2.31. The van der Waals surface area contributed by atoms with E-state index in [-0.39, 0.29) is 19.1 Å². The number of carboxylic acid groups (broad SMARTS) is 1. The van der Waals surface area contributed by atoms with Crippen LogP contribution in [0.1, 0.15) is 23.5 Å². The molecule has 0 aromatic heterocycles. The standard InChI is InChI=1S/C26H31N3O5/c1-4-14-29(16-24(30)31)25(32)23(13-15-28(2)3)27-26(33)34-17-22-20-11-7-5-9-18(20)19-10-6-8-12-21(19)22/h4-12,22-23H,1,13-17H2,2-3H3,(H,27,33)(H,30,31). The van der Waals surface area contributed by atoms with Gasteiger partial charge in [0, 0.05) is 12.5 Å². The van der Waals surface area contributed by atoms with Crippen LogP contribution >= 0.6 is 0 Å². The predicted molar refractivity (Wildman–Crippen MR) is 130 cm³/mol. The summed E-state index contributed by atoms with van der Waals surface area (Å²) in [6.45, 7) is 3.82. The number of amides is 2. The number of nitrogens with one attached hydrogen (secondary N) is 1. The second-order valence-electron chi connectivity index (χ2n) is 8.52. The van der Waals surface area contributed by atoms with Gasteiger partial charge in [-0.25, -0.2) is 4.79 Å². The van der Waals surface area contributed by atoms with Crippen molar-refractivity contribution in [2.24, 2.45) is 0 Å². The Morgan fingerprint density at radius 3 is 2.21 bits per heavy atom. The average molecular weight is 466 g/mol. The van der Waals surface area contributed by atoms with Gasteiger partial charge in [0.15, 0.2) is 0 Å². The Kier molecular flexibility index (Phi) is 8.43. The molecule has 0 radical (unpaired) electrons. The Bertz CT molecular complexity index is 1010. The number of ether oxygens (including phenoxy) is 1. The molecule has 0 heterocycles. The fraction of sp³-hybridized carbons (Fsp3) is 0.346. The van der Waals surface area contributed by atoms with Gasteiger partial charge in [-0.1, -0.05) is 54.6 Å². The summed E-state index contributed by atoms with van der Waals surface area (Å²) >= 11 is 0. The van der Waals surface area contributed by atoms with Crippen molar-refractivity contribution in [2.45, 2.75) is 18.4 Å². The number of carbonyl (C=O) groups excluding carboxylic acids is 2. The van der Waals surface area contributed by atoms with E-state index in [2.05, 4.69) is 24.0 Å². The molecule has 1 aliphatic rings. The van der Waals surface area contributed by atoms with Crippen LogP contribution in [0.5, 0.6) is 0 Å². The van der Waals surface area contributed by atoms with E-state index in [0.717, 1.165) is 27.2 Å². The minimum atomic E-state index is -1.14. The zero-order chi connectivity index (χ0) is 24.7. The molecule has 0 saturated carbocycles. The fourth-order valence-corrected chi connectivity index (χ4v) is 4.20. The number of fused-ring (bicyclic) bond motifs is 3. The summed E-state index contributed by atoms with van der Waals surface area (Å²) in [5.41, 5.74) is 4.44. The molecule has 0 fully saturated rings. The van der Waals surface area contributed by atoms with Gasteiger partial charge < -0.3 is 25.0 Å². The van der Waals surface area contributed by atoms with Crippen LogP contribution in [-0.4, -0.2) is 79.3 Å². The summed E-state index contributed by atoms with van der Waals surface area (Å²) in [7, 11) is 3.71. The van der Waals surface area contributed by atoms with Gasteiger partial charge in [0.1, 0.15) is 19.2 Å². The number of rotatable bonds is 11. The van der Waals surface area contributed by atoms with Gasteiger partial charge >= 0.3 is 12.1 Å². The number of carbonyl (C=O) groups is 3. The predicted octanol–water partition coefficient (Wildman–Crippen LogP) is 2.94. The highest BCUT2D eigenvalue weighted by atomic mass is 16.5. The van der Waals surface area contributed by atoms with E-state index < -0.39 is 30.6 Å². The zero-order valence-electron chi connectivity index (χ0n) is 19.6. The molecule has 0 saturated heterocycles. The fourth-order valence-electron chi connectivity index (χ4n) is 4.20. The Labute approximate surface area is 199 Å². The smallest absolute Gasteiger partial charge is 0.407 e. The Balaban J connectivity index is 1.70. The highest BCUT2D eigenvalue weighted by molar-refractivity contribution is 5.88. The normalized spacial score (nSPS) is 13.0. The molecule has 0 spiro atoms. The summed E-state index contributed by atoms with van der Waals surface area (Å²) in [6.07, 6.45) is 1.05. The van der Waals surface area contributed by atoms with Crippen LogP contribution in [0.2, 0.25) is 0 Å². The van der Waals surface area contributed by atoms with Crippen LogP contribution in [-0.2, 0) is 14.3 Å². The summed E-state index contributed by atoms with van der Waals surface area (Å²) in [5.74, 6) is -1.72. The van der Waals surface area contributed by atoms with E-state index in [4.69, 9.17) is 9.84 Å². The molecule has 2 aromatic rings. The molecule has 3 rings (SSSR count). The number of aliphatic carboxylic acids is 1. The quantitative estimate of drug-likeness (QED) is 0.495. The van der Waals surface area contributed by atoms with E-state index in [1.165, 1.54) is 6.08 Å². The van der Waals surface area contributed by atoms with Crippen molar-refractivity contribution in [3.05, 3.63) is 72.3 Å². The van der Waals surface area contributed by atoms with Crippen molar-refractivity contribution >= 4 is 18.0 Å². The summed E-state index contributed by atoms with van der Waals surface area (Å²) in [4.78, 5) is 40.0. The van der Waals surface area contributed by atoms with E-state index in [9.17, 15) is 14.4 Å². The third-order valence-corrected chi connectivity index (χ3v) is 5.79. The van der Waals surface area contributed by atoms with Gasteiger partial charge in [0.25, 0.3) is 0 Å². The molecule has 0 aliphatic heterocycles. The molecule has 180 valence electrons. The Hall–Kier alpha value is -3.65. The number of hydrogen-bond donors (Lipinski definition) is 2. The molecule has 34 heavy (non-hydrogen) atoms. The first-order chi connectivity index (χ1) is 16.3. The van der Waals surface area contributed by atoms with Crippen molar-refractivity contribution in [1.82, 2.24) is 15.1 Å². The minimum absolute atomic E-state index is 0.0654. The number of nitrogens with zero attached hydrogens (tertiary/aromatic N) is 2. The molecule has 2 N–H and O–H groups in total. The third kappa shape index (κ3) is 6.02. The maximum atomic E-state index is 13.0. The van der Waals surface area contributed by atoms with Crippen molar-refractivity contribution in [1.29, 1.82) is 0 Å². The number of hydrogen-bond acceptors (Lipinski definition) is 5. The zero-order valence-corrected chi connectivity index (χ0v) is 19.6. The van der Waals surface area contributed by atoms with E-state index in [1.807, 2.05) is 55.4 Å². The lowest BCUT2D eigenvalue weighted by molar-refractivity contribution is -0.144. The monoisotopic (exact) mass is 465 g/mol. The van der Waals surface area contributed by atoms with Gasteiger partial charge in [-0.05, 0) is 49.3 Å².